The standard InChI is InChI=1S/C40H47F3N6O5/c1-6-28-31(42)9-8-25-16-27(54-22-52-5)17-29(32(25)28)34-33(43)35-30(19-44-34)36(48-14-10-24(11-15-48)38(51)47(4)37(50)23(2)3)46-39(45-35)53-21-40-12-7-13-49(40)20-26(41)18-40/h8-9,16-17,19,23-24,26H,6-7,10-15,18,20-22H2,1-5H3/t26-,40+/m1/s1. The smallest absolute Gasteiger partial charge is 0.319 e. The van der Waals surface area contributed by atoms with Gasteiger partial charge in [-0.3, -0.25) is 24.4 Å². The number of methoxy groups -OCH3 is 1. The molecule has 4 aromatic rings. The highest BCUT2D eigenvalue weighted by Gasteiger charge is 2.49. The first-order chi connectivity index (χ1) is 25.9. The van der Waals surface area contributed by atoms with Crippen LogP contribution in [0.25, 0.3) is 32.9 Å². The van der Waals surface area contributed by atoms with Gasteiger partial charge >= 0.3 is 6.01 Å². The van der Waals surface area contributed by atoms with Gasteiger partial charge in [0, 0.05) is 63.8 Å². The Hall–Kier alpha value is -4.56. The number of carbonyl (C=O) groups is 2. The van der Waals surface area contributed by atoms with Crippen LogP contribution in [0.3, 0.4) is 0 Å². The van der Waals surface area contributed by atoms with Gasteiger partial charge in [0.2, 0.25) is 11.8 Å². The maximum absolute atomic E-state index is 17.2. The predicted molar refractivity (Wildman–Crippen MR) is 198 cm³/mol. The van der Waals surface area contributed by atoms with E-state index in [1.54, 1.807) is 32.0 Å². The van der Waals surface area contributed by atoms with Crippen molar-refractivity contribution in [3.63, 3.8) is 0 Å². The molecule has 2 aromatic heterocycles. The number of alkyl halides is 1. The number of halogens is 3. The van der Waals surface area contributed by atoms with Crippen molar-refractivity contribution >= 4 is 39.3 Å². The monoisotopic (exact) mass is 748 g/mol. The van der Waals surface area contributed by atoms with E-state index >= 15 is 8.78 Å². The summed E-state index contributed by atoms with van der Waals surface area (Å²) in [5.41, 5.74) is 0.166. The Kier molecular flexibility index (Phi) is 10.7. The van der Waals surface area contributed by atoms with Crippen molar-refractivity contribution in [3.05, 3.63) is 47.7 Å². The van der Waals surface area contributed by atoms with Gasteiger partial charge in [-0.25, -0.2) is 13.2 Å². The van der Waals surface area contributed by atoms with E-state index in [1.807, 2.05) is 11.8 Å². The zero-order valence-electron chi connectivity index (χ0n) is 31.5. The van der Waals surface area contributed by atoms with Crippen molar-refractivity contribution in [2.45, 2.75) is 71.0 Å². The van der Waals surface area contributed by atoms with Crippen LogP contribution in [0.5, 0.6) is 11.8 Å². The zero-order valence-corrected chi connectivity index (χ0v) is 31.5. The third-order valence-corrected chi connectivity index (χ3v) is 11.3. The van der Waals surface area contributed by atoms with Crippen LogP contribution in [-0.2, 0) is 20.7 Å². The number of hydrogen-bond donors (Lipinski definition) is 0. The lowest BCUT2D eigenvalue weighted by Crippen LogP contribution is -2.44. The number of imide groups is 1. The quantitative estimate of drug-likeness (QED) is 0.158. The van der Waals surface area contributed by atoms with E-state index in [0.717, 1.165) is 19.4 Å². The first-order valence-corrected chi connectivity index (χ1v) is 18.8. The number of rotatable bonds is 11. The molecule has 54 heavy (non-hydrogen) atoms. The Labute approximate surface area is 312 Å². The second-order valence-corrected chi connectivity index (χ2v) is 15.0. The van der Waals surface area contributed by atoms with Gasteiger partial charge < -0.3 is 19.1 Å². The van der Waals surface area contributed by atoms with Crippen molar-refractivity contribution in [2.24, 2.45) is 11.8 Å². The number of amides is 2. The summed E-state index contributed by atoms with van der Waals surface area (Å²) in [6.07, 6.45) is 3.86. The van der Waals surface area contributed by atoms with Crippen molar-refractivity contribution < 1.29 is 37.0 Å². The number of aryl methyl sites for hydroxylation is 1. The molecule has 0 bridgehead atoms. The topological polar surface area (TPSA) is 110 Å². The summed E-state index contributed by atoms with van der Waals surface area (Å²) in [5.74, 6) is -1.51. The molecule has 5 heterocycles. The number of benzene rings is 2. The first kappa shape index (κ1) is 37.7. The third kappa shape index (κ3) is 6.94. The molecule has 0 aliphatic carbocycles. The van der Waals surface area contributed by atoms with Gasteiger partial charge in [-0.1, -0.05) is 26.8 Å². The molecule has 14 heteroatoms. The molecular weight excluding hydrogens is 701 g/mol. The Morgan fingerprint density at radius 3 is 2.59 bits per heavy atom. The first-order valence-electron chi connectivity index (χ1n) is 18.8. The van der Waals surface area contributed by atoms with Gasteiger partial charge in [0.15, 0.2) is 12.6 Å². The van der Waals surface area contributed by atoms with Crippen LogP contribution in [0.2, 0.25) is 0 Å². The Bertz CT molecular complexity index is 2080. The molecule has 0 unspecified atom stereocenters. The molecule has 0 radical (unpaired) electrons. The molecule has 0 spiro atoms. The summed E-state index contributed by atoms with van der Waals surface area (Å²) in [5, 5.41) is 1.49. The Morgan fingerprint density at radius 2 is 1.87 bits per heavy atom. The molecule has 2 amide bonds. The van der Waals surface area contributed by atoms with E-state index in [1.165, 1.54) is 31.3 Å². The lowest BCUT2D eigenvalue weighted by Gasteiger charge is -2.34. The highest BCUT2D eigenvalue weighted by Crippen LogP contribution is 2.42. The number of carbonyl (C=O) groups excluding carboxylic acids is 2. The van der Waals surface area contributed by atoms with Crippen molar-refractivity contribution in [1.82, 2.24) is 24.8 Å². The molecule has 3 fully saturated rings. The SMILES string of the molecule is CCc1c(F)ccc2cc(OCOC)cc(-c3ncc4c(N5CCC(C(=O)N(C)C(=O)C(C)C)CC5)nc(OC[C@@]56CCCN5C[C@H](F)C6)nc4c3F)c12. The number of piperidine rings is 1. The average molecular weight is 749 g/mol. The summed E-state index contributed by atoms with van der Waals surface area (Å²) in [4.78, 5) is 45.1. The van der Waals surface area contributed by atoms with Gasteiger partial charge in [-0.05, 0) is 73.2 Å². The van der Waals surface area contributed by atoms with Crippen LogP contribution in [0, 0.1) is 23.5 Å². The third-order valence-electron chi connectivity index (χ3n) is 11.3. The minimum absolute atomic E-state index is 0.0400. The summed E-state index contributed by atoms with van der Waals surface area (Å²) >= 11 is 0. The van der Waals surface area contributed by atoms with Gasteiger partial charge in [0.25, 0.3) is 0 Å². The number of nitrogens with zero attached hydrogens (tertiary/aromatic N) is 6. The molecule has 288 valence electrons. The molecule has 2 atom stereocenters. The Balaban J connectivity index is 1.30. The summed E-state index contributed by atoms with van der Waals surface area (Å²) in [7, 11) is 3.01. The van der Waals surface area contributed by atoms with Gasteiger partial charge in [-0.2, -0.15) is 9.97 Å². The number of aromatic nitrogens is 3. The van der Waals surface area contributed by atoms with E-state index in [9.17, 15) is 14.0 Å². The van der Waals surface area contributed by atoms with Crippen LogP contribution in [0.1, 0.15) is 58.4 Å². The molecule has 2 aromatic carbocycles. The van der Waals surface area contributed by atoms with Crippen molar-refractivity contribution in [2.75, 3.05) is 58.6 Å². The van der Waals surface area contributed by atoms with E-state index in [0.29, 0.717) is 84.2 Å². The van der Waals surface area contributed by atoms with Crippen LogP contribution in [0.15, 0.2) is 30.5 Å². The number of anilines is 1. The summed E-state index contributed by atoms with van der Waals surface area (Å²) in [6, 6.07) is 6.33. The lowest BCUT2D eigenvalue weighted by molar-refractivity contribution is -0.148. The second kappa shape index (κ2) is 15.3. The molecule has 3 aliphatic rings. The highest BCUT2D eigenvalue weighted by molar-refractivity contribution is 6.02. The normalized spacial score (nSPS) is 20.6. The predicted octanol–water partition coefficient (Wildman–Crippen LogP) is 6.48. The fourth-order valence-corrected chi connectivity index (χ4v) is 8.50. The maximum Gasteiger partial charge on any atom is 0.319 e. The lowest BCUT2D eigenvalue weighted by atomic mass is 9.94. The average Bonchev–Trinajstić information content (AvgIpc) is 3.70. The van der Waals surface area contributed by atoms with Gasteiger partial charge in [-0.15, -0.1) is 0 Å². The van der Waals surface area contributed by atoms with E-state index in [-0.39, 0.29) is 54.3 Å². The summed E-state index contributed by atoms with van der Waals surface area (Å²) < 4.78 is 64.2. The molecule has 3 saturated heterocycles. The fraction of sp³-hybridized carbons (Fsp3) is 0.525. The molecule has 3 aliphatic heterocycles. The molecule has 7 rings (SSSR count). The minimum atomic E-state index is -0.955. The molecule has 0 saturated carbocycles. The minimum Gasteiger partial charge on any atom is -0.468 e. The zero-order chi connectivity index (χ0) is 38.3. The van der Waals surface area contributed by atoms with Crippen LogP contribution in [-0.4, -0.2) is 102 Å². The fourth-order valence-electron chi connectivity index (χ4n) is 8.50. The van der Waals surface area contributed by atoms with Crippen molar-refractivity contribution in [1.29, 1.82) is 0 Å². The van der Waals surface area contributed by atoms with E-state index < -0.39 is 23.3 Å². The number of fused-ring (bicyclic) bond motifs is 3. The van der Waals surface area contributed by atoms with Crippen molar-refractivity contribution in [3.8, 4) is 23.0 Å². The molecular formula is C40H47F3N6O5. The highest BCUT2D eigenvalue weighted by atomic mass is 19.1. The van der Waals surface area contributed by atoms with Crippen LogP contribution < -0.4 is 14.4 Å². The number of hydrogen-bond acceptors (Lipinski definition) is 10. The van der Waals surface area contributed by atoms with Gasteiger partial charge in [0.05, 0.1) is 10.9 Å². The summed E-state index contributed by atoms with van der Waals surface area (Å²) in [6.45, 7) is 7.39. The molecule has 11 nitrogen and oxygen atoms in total. The van der Waals surface area contributed by atoms with Gasteiger partial charge in [0.1, 0.15) is 41.4 Å². The largest absolute Gasteiger partial charge is 0.468 e. The van der Waals surface area contributed by atoms with Crippen LogP contribution >= 0.6 is 0 Å². The van der Waals surface area contributed by atoms with Crippen LogP contribution in [0.4, 0.5) is 19.0 Å². The van der Waals surface area contributed by atoms with E-state index in [2.05, 4.69) is 14.9 Å². The number of pyridine rings is 1. The number of ether oxygens (including phenoxy) is 3. The second-order valence-electron chi connectivity index (χ2n) is 15.0. The van der Waals surface area contributed by atoms with E-state index in [4.69, 9.17) is 19.2 Å². The molecule has 0 N–H and O–H groups in total. The maximum atomic E-state index is 17.2. The Morgan fingerprint density at radius 1 is 1.09 bits per heavy atom.